The van der Waals surface area contributed by atoms with E-state index in [0.29, 0.717) is 0 Å². The predicted octanol–water partition coefficient (Wildman–Crippen LogP) is 3.27. The Bertz CT molecular complexity index is 239. The normalized spacial score (nSPS) is 10.2. The molecular weight excluding hydrogens is 204 g/mol. The number of nitrogens with one attached hydrogen (secondary N) is 1. The van der Waals surface area contributed by atoms with Crippen LogP contribution in [0.25, 0.3) is 0 Å². The smallest absolute Gasteiger partial charge is 0.0440 e. The maximum atomic E-state index is 5.43. The van der Waals surface area contributed by atoms with Gasteiger partial charge in [-0.15, -0.1) is 0 Å². The molecular formula is C12H20N2S. The van der Waals surface area contributed by atoms with Gasteiger partial charge in [-0.3, -0.25) is 0 Å². The maximum absolute atomic E-state index is 5.43. The largest absolute Gasteiger partial charge is 0.330 e. The first-order valence-corrected chi connectivity index (χ1v) is 6.55. The van der Waals surface area contributed by atoms with Crippen molar-refractivity contribution in [3.05, 3.63) is 30.3 Å². The third-order valence-electron chi connectivity index (χ3n) is 2.16. The van der Waals surface area contributed by atoms with Crippen LogP contribution in [0.1, 0.15) is 25.7 Å². The molecule has 2 nitrogen and oxygen atoms in total. The number of nitrogens with two attached hydrogens (primary N) is 1. The predicted molar refractivity (Wildman–Crippen MR) is 70.0 cm³/mol. The van der Waals surface area contributed by atoms with Crippen molar-refractivity contribution >= 4 is 17.6 Å². The second-order valence-electron chi connectivity index (χ2n) is 3.52. The number of unbranched alkanes of at least 4 members (excludes halogenated alkanes) is 3. The molecule has 0 bridgehead atoms. The highest BCUT2D eigenvalue weighted by molar-refractivity contribution is 8.00. The molecule has 15 heavy (non-hydrogen) atoms. The van der Waals surface area contributed by atoms with Gasteiger partial charge < -0.3 is 10.5 Å². The quantitative estimate of drug-likeness (QED) is 0.526. The molecule has 0 radical (unpaired) electrons. The first-order valence-electron chi connectivity index (χ1n) is 5.56. The van der Waals surface area contributed by atoms with E-state index in [1.165, 1.54) is 30.7 Å². The van der Waals surface area contributed by atoms with Crippen LogP contribution < -0.4 is 10.5 Å². The third kappa shape index (κ3) is 6.42. The first kappa shape index (κ1) is 12.4. The van der Waals surface area contributed by atoms with Crippen molar-refractivity contribution in [2.45, 2.75) is 25.7 Å². The summed E-state index contributed by atoms with van der Waals surface area (Å²) < 4.78 is 3.33. The average molecular weight is 224 g/mol. The van der Waals surface area contributed by atoms with Crippen molar-refractivity contribution < 1.29 is 0 Å². The fraction of sp³-hybridized carbons (Fsp3) is 0.500. The maximum Gasteiger partial charge on any atom is 0.0440 e. The Labute approximate surface area is 96.8 Å². The minimum Gasteiger partial charge on any atom is -0.330 e. The van der Waals surface area contributed by atoms with E-state index in [0.717, 1.165) is 13.0 Å². The van der Waals surface area contributed by atoms with Gasteiger partial charge in [-0.25, -0.2) is 0 Å². The summed E-state index contributed by atoms with van der Waals surface area (Å²) in [5.41, 5.74) is 6.61. The van der Waals surface area contributed by atoms with Gasteiger partial charge in [0.05, 0.1) is 0 Å². The summed E-state index contributed by atoms with van der Waals surface area (Å²) in [6.07, 6.45) is 4.99. The standard InChI is InChI=1S/C12H20N2S/c13-10-6-1-2-7-11-15-14-12-8-4-3-5-9-12/h3-5,8-9,14H,1-2,6-7,10-11,13H2. The Balaban J connectivity index is 1.93. The van der Waals surface area contributed by atoms with Gasteiger partial charge in [0.2, 0.25) is 0 Å². The van der Waals surface area contributed by atoms with Crippen LogP contribution in [0.3, 0.4) is 0 Å². The molecule has 0 saturated carbocycles. The van der Waals surface area contributed by atoms with E-state index in [1.807, 2.05) is 18.2 Å². The number of hydrogen-bond acceptors (Lipinski definition) is 3. The summed E-state index contributed by atoms with van der Waals surface area (Å²) in [6, 6.07) is 10.3. The van der Waals surface area contributed by atoms with E-state index in [4.69, 9.17) is 5.73 Å². The van der Waals surface area contributed by atoms with Gasteiger partial charge in [-0.2, -0.15) is 0 Å². The van der Waals surface area contributed by atoms with Gasteiger partial charge >= 0.3 is 0 Å². The minimum absolute atomic E-state index is 0.829. The van der Waals surface area contributed by atoms with Crippen LogP contribution in [0, 0.1) is 0 Å². The number of rotatable bonds is 8. The van der Waals surface area contributed by atoms with Crippen molar-refractivity contribution in [1.82, 2.24) is 0 Å². The summed E-state index contributed by atoms with van der Waals surface area (Å²) >= 11 is 1.78. The molecule has 1 aromatic rings. The van der Waals surface area contributed by atoms with Gasteiger partial charge in [-0.05, 0) is 31.5 Å². The first-order chi connectivity index (χ1) is 7.43. The highest BCUT2D eigenvalue weighted by Crippen LogP contribution is 2.13. The van der Waals surface area contributed by atoms with Crippen LogP contribution in [0.2, 0.25) is 0 Å². The highest BCUT2D eigenvalue weighted by atomic mass is 32.2. The molecule has 3 N–H and O–H groups in total. The van der Waals surface area contributed by atoms with E-state index < -0.39 is 0 Å². The summed E-state index contributed by atoms with van der Waals surface area (Å²) in [5, 5.41) is 0. The summed E-state index contributed by atoms with van der Waals surface area (Å²) in [6.45, 7) is 0.829. The zero-order valence-corrected chi connectivity index (χ0v) is 9.93. The molecule has 0 atom stereocenters. The van der Waals surface area contributed by atoms with E-state index in [1.54, 1.807) is 11.9 Å². The molecule has 0 heterocycles. The second kappa shape index (κ2) is 8.62. The Morgan fingerprint density at radius 2 is 1.73 bits per heavy atom. The SMILES string of the molecule is NCCCCCCSNc1ccccc1. The molecule has 0 unspecified atom stereocenters. The molecule has 1 rings (SSSR count). The average Bonchev–Trinajstić information content (AvgIpc) is 2.29. The van der Waals surface area contributed by atoms with Gasteiger partial charge in [-0.1, -0.05) is 43.0 Å². The Morgan fingerprint density at radius 3 is 2.47 bits per heavy atom. The van der Waals surface area contributed by atoms with Gasteiger partial charge in [0, 0.05) is 11.4 Å². The number of benzene rings is 1. The molecule has 0 amide bonds. The third-order valence-corrected chi connectivity index (χ3v) is 3.04. The van der Waals surface area contributed by atoms with Gasteiger partial charge in [0.15, 0.2) is 0 Å². The van der Waals surface area contributed by atoms with Gasteiger partial charge in [0.1, 0.15) is 0 Å². The van der Waals surface area contributed by atoms with Crippen molar-refractivity contribution in [3.8, 4) is 0 Å². The molecule has 0 fully saturated rings. The lowest BCUT2D eigenvalue weighted by Gasteiger charge is -2.04. The van der Waals surface area contributed by atoms with Crippen LogP contribution in [0.5, 0.6) is 0 Å². The second-order valence-corrected chi connectivity index (χ2v) is 4.42. The lowest BCUT2D eigenvalue weighted by molar-refractivity contribution is 0.678. The van der Waals surface area contributed by atoms with Crippen LogP contribution in [0.4, 0.5) is 5.69 Å². The molecule has 0 spiro atoms. The van der Waals surface area contributed by atoms with E-state index in [-0.39, 0.29) is 0 Å². The Hall–Kier alpha value is -0.670. The molecule has 0 aliphatic carbocycles. The lowest BCUT2D eigenvalue weighted by Crippen LogP contribution is -1.98. The molecule has 3 heteroatoms. The monoisotopic (exact) mass is 224 g/mol. The highest BCUT2D eigenvalue weighted by Gasteiger charge is 1.91. The van der Waals surface area contributed by atoms with Crippen molar-refractivity contribution in [3.63, 3.8) is 0 Å². The zero-order valence-electron chi connectivity index (χ0n) is 9.11. The fourth-order valence-electron chi connectivity index (χ4n) is 1.31. The molecule has 0 saturated heterocycles. The summed E-state index contributed by atoms with van der Waals surface area (Å²) in [5.74, 6) is 1.17. The van der Waals surface area contributed by atoms with Crippen molar-refractivity contribution in [2.75, 3.05) is 17.0 Å². The topological polar surface area (TPSA) is 38.0 Å². The minimum atomic E-state index is 0.829. The van der Waals surface area contributed by atoms with Crippen LogP contribution in [-0.2, 0) is 0 Å². The lowest BCUT2D eigenvalue weighted by atomic mass is 10.2. The van der Waals surface area contributed by atoms with E-state index in [2.05, 4.69) is 16.9 Å². The fourth-order valence-corrected chi connectivity index (χ4v) is 2.07. The van der Waals surface area contributed by atoms with E-state index >= 15 is 0 Å². The molecule has 84 valence electrons. The number of anilines is 1. The van der Waals surface area contributed by atoms with Crippen LogP contribution >= 0.6 is 11.9 Å². The Kier molecular flexibility index (Phi) is 7.13. The molecule has 0 aliphatic rings. The van der Waals surface area contributed by atoms with Crippen LogP contribution in [0.15, 0.2) is 30.3 Å². The molecule has 0 aromatic heterocycles. The number of hydrogen-bond donors (Lipinski definition) is 2. The van der Waals surface area contributed by atoms with Crippen LogP contribution in [-0.4, -0.2) is 12.3 Å². The Morgan fingerprint density at radius 1 is 1.00 bits per heavy atom. The van der Waals surface area contributed by atoms with Crippen molar-refractivity contribution in [2.24, 2.45) is 5.73 Å². The summed E-state index contributed by atoms with van der Waals surface area (Å²) in [7, 11) is 0. The zero-order chi connectivity index (χ0) is 10.8. The van der Waals surface area contributed by atoms with Gasteiger partial charge in [0.25, 0.3) is 0 Å². The summed E-state index contributed by atoms with van der Waals surface area (Å²) in [4.78, 5) is 0. The number of para-hydroxylation sites is 1. The van der Waals surface area contributed by atoms with Crippen molar-refractivity contribution in [1.29, 1.82) is 0 Å². The van der Waals surface area contributed by atoms with E-state index in [9.17, 15) is 0 Å². The molecule has 0 aliphatic heterocycles. The molecule has 1 aromatic carbocycles.